The zero-order chi connectivity index (χ0) is 25.7. The van der Waals surface area contributed by atoms with Gasteiger partial charge in [-0.15, -0.1) is 0 Å². The Morgan fingerprint density at radius 1 is 1.00 bits per heavy atom. The molecule has 0 radical (unpaired) electrons. The Bertz CT molecular complexity index is 1260. The van der Waals surface area contributed by atoms with Crippen molar-refractivity contribution in [3.8, 4) is 11.1 Å². The molecule has 0 aliphatic rings. The molecule has 3 aromatic rings. The molecule has 1 amide bonds. The molecule has 0 aliphatic carbocycles. The van der Waals surface area contributed by atoms with E-state index in [1.165, 1.54) is 17.6 Å². The molecular weight excluding hydrogens is 440 g/mol. The van der Waals surface area contributed by atoms with Crippen LogP contribution >= 0.6 is 0 Å². The maximum Gasteiger partial charge on any atom is 0.251 e. The van der Waals surface area contributed by atoms with Gasteiger partial charge in [-0.3, -0.25) is 24.4 Å². The monoisotopic (exact) mass is 474 g/mol. The zero-order valence-electron chi connectivity index (χ0n) is 21.3. The topological polar surface area (TPSA) is 94.0 Å². The minimum absolute atomic E-state index is 0.0510. The molecule has 2 atom stereocenters. The first-order valence-corrected chi connectivity index (χ1v) is 11.9. The van der Waals surface area contributed by atoms with Gasteiger partial charge in [-0.2, -0.15) is 0 Å². The van der Waals surface area contributed by atoms with Crippen molar-refractivity contribution in [1.82, 2.24) is 19.9 Å². The molecular formula is C28H34N4O3. The lowest BCUT2D eigenvalue weighted by molar-refractivity contribution is -0.126. The van der Waals surface area contributed by atoms with Gasteiger partial charge in [-0.05, 0) is 80.0 Å². The SMILES string of the molecule is CC(=O)C[C@H](NC(=O)[C@H](CC(C)C)n1ccc(C)cc1=O)c1cncc(-c2c(C)cncc2C)c1. The standard InChI is InChI=1S/C28H34N4O3/c1-17(2)9-25(32-8-7-18(3)10-26(32)34)28(35)31-24(11-21(6)33)22-12-23(16-30-15-22)27-19(4)13-29-14-20(27)5/h7-8,10,12-17,24-25H,9,11H2,1-6H3,(H,31,35)/t24-,25-/m0/s1. The summed E-state index contributed by atoms with van der Waals surface area (Å²) in [7, 11) is 0. The predicted molar refractivity (Wildman–Crippen MR) is 137 cm³/mol. The second-order valence-corrected chi connectivity index (χ2v) is 9.72. The van der Waals surface area contributed by atoms with Crippen LogP contribution < -0.4 is 10.9 Å². The van der Waals surface area contributed by atoms with Crippen molar-refractivity contribution < 1.29 is 9.59 Å². The number of carbonyl (C=O) groups is 2. The number of hydrogen-bond donors (Lipinski definition) is 1. The van der Waals surface area contributed by atoms with Crippen LogP contribution in [-0.2, 0) is 9.59 Å². The number of carbonyl (C=O) groups excluding carboxylic acids is 2. The first-order chi connectivity index (χ1) is 16.6. The Kier molecular flexibility index (Phi) is 8.33. The zero-order valence-corrected chi connectivity index (χ0v) is 21.3. The molecule has 7 heteroatoms. The highest BCUT2D eigenvalue weighted by Gasteiger charge is 2.26. The van der Waals surface area contributed by atoms with Crippen LogP contribution in [0.25, 0.3) is 11.1 Å². The number of nitrogens with one attached hydrogen (secondary N) is 1. The molecule has 0 bridgehead atoms. The Labute approximate surface area is 206 Å². The summed E-state index contributed by atoms with van der Waals surface area (Å²) in [5.74, 6) is -0.157. The molecule has 0 spiro atoms. The maximum atomic E-state index is 13.5. The van der Waals surface area contributed by atoms with Gasteiger partial charge in [0, 0.05) is 49.0 Å². The first kappa shape index (κ1) is 26.0. The van der Waals surface area contributed by atoms with E-state index in [0.29, 0.717) is 6.42 Å². The van der Waals surface area contributed by atoms with Crippen molar-refractivity contribution in [3.63, 3.8) is 0 Å². The average molecular weight is 475 g/mol. The second kappa shape index (κ2) is 11.2. The normalized spacial score (nSPS) is 12.9. The molecule has 3 rings (SSSR count). The highest BCUT2D eigenvalue weighted by atomic mass is 16.2. The number of amides is 1. The number of nitrogens with zero attached hydrogens (tertiary/aromatic N) is 3. The number of ketones is 1. The Morgan fingerprint density at radius 2 is 1.66 bits per heavy atom. The first-order valence-electron chi connectivity index (χ1n) is 11.9. The van der Waals surface area contributed by atoms with Gasteiger partial charge < -0.3 is 9.88 Å². The van der Waals surface area contributed by atoms with E-state index in [1.807, 2.05) is 46.8 Å². The minimum atomic E-state index is -0.682. The third kappa shape index (κ3) is 6.50. The van der Waals surface area contributed by atoms with Crippen molar-refractivity contribution in [2.45, 2.75) is 66.5 Å². The summed E-state index contributed by atoms with van der Waals surface area (Å²) in [6.07, 6.45) is 9.36. The van der Waals surface area contributed by atoms with E-state index in [2.05, 4.69) is 15.3 Å². The number of rotatable bonds is 9. The van der Waals surface area contributed by atoms with Crippen LogP contribution in [0.3, 0.4) is 0 Å². The largest absolute Gasteiger partial charge is 0.347 e. The number of aromatic nitrogens is 3. The van der Waals surface area contributed by atoms with Gasteiger partial charge in [0.25, 0.3) is 5.56 Å². The van der Waals surface area contributed by atoms with E-state index in [9.17, 15) is 14.4 Å². The van der Waals surface area contributed by atoms with E-state index in [0.717, 1.165) is 33.4 Å². The number of Topliss-reactive ketones (excluding diaryl/α,β-unsaturated/α-hetero) is 1. The molecule has 0 aliphatic heterocycles. The predicted octanol–water partition coefficient (Wildman–Crippen LogP) is 4.65. The van der Waals surface area contributed by atoms with Crippen molar-refractivity contribution in [2.75, 3.05) is 0 Å². The van der Waals surface area contributed by atoms with Gasteiger partial charge in [0.15, 0.2) is 0 Å². The second-order valence-electron chi connectivity index (χ2n) is 9.72. The Balaban J connectivity index is 1.98. The molecule has 3 heterocycles. The Hall–Kier alpha value is -3.61. The molecule has 35 heavy (non-hydrogen) atoms. The van der Waals surface area contributed by atoms with Crippen LogP contribution in [0.4, 0.5) is 0 Å². The molecule has 0 fully saturated rings. The molecule has 0 unspecified atom stereocenters. The van der Waals surface area contributed by atoms with Crippen LogP contribution in [0.15, 0.2) is 54.0 Å². The van der Waals surface area contributed by atoms with Crippen molar-refractivity contribution >= 4 is 11.7 Å². The van der Waals surface area contributed by atoms with E-state index >= 15 is 0 Å². The number of aryl methyl sites for hydroxylation is 3. The van der Waals surface area contributed by atoms with Gasteiger partial charge in [0.1, 0.15) is 11.8 Å². The third-order valence-electron chi connectivity index (χ3n) is 6.02. The fourth-order valence-electron chi connectivity index (χ4n) is 4.39. The van der Waals surface area contributed by atoms with Crippen LogP contribution in [0, 0.1) is 26.7 Å². The number of pyridine rings is 3. The van der Waals surface area contributed by atoms with E-state index in [4.69, 9.17) is 0 Å². The molecule has 7 nitrogen and oxygen atoms in total. The summed E-state index contributed by atoms with van der Waals surface area (Å²) >= 11 is 0. The quantitative estimate of drug-likeness (QED) is 0.487. The van der Waals surface area contributed by atoms with Gasteiger partial charge >= 0.3 is 0 Å². The molecule has 184 valence electrons. The Morgan fingerprint density at radius 3 is 2.26 bits per heavy atom. The minimum Gasteiger partial charge on any atom is -0.347 e. The lowest BCUT2D eigenvalue weighted by Crippen LogP contribution is -2.40. The summed E-state index contributed by atoms with van der Waals surface area (Å²) in [6.45, 7) is 11.4. The average Bonchev–Trinajstić information content (AvgIpc) is 2.77. The fraction of sp³-hybridized carbons (Fsp3) is 0.393. The van der Waals surface area contributed by atoms with E-state index in [-0.39, 0.29) is 29.6 Å². The summed E-state index contributed by atoms with van der Waals surface area (Å²) in [4.78, 5) is 47.0. The summed E-state index contributed by atoms with van der Waals surface area (Å²) in [6, 6.07) is 4.07. The highest BCUT2D eigenvalue weighted by Crippen LogP contribution is 2.29. The lowest BCUT2D eigenvalue weighted by atomic mass is 9.95. The smallest absolute Gasteiger partial charge is 0.251 e. The van der Waals surface area contributed by atoms with E-state index < -0.39 is 12.1 Å². The van der Waals surface area contributed by atoms with Crippen molar-refractivity contribution in [2.24, 2.45) is 5.92 Å². The lowest BCUT2D eigenvalue weighted by Gasteiger charge is -2.25. The number of hydrogen-bond acceptors (Lipinski definition) is 5. The maximum absolute atomic E-state index is 13.5. The highest BCUT2D eigenvalue weighted by molar-refractivity contribution is 5.83. The molecule has 0 saturated heterocycles. The molecule has 0 saturated carbocycles. The molecule has 3 aromatic heterocycles. The van der Waals surface area contributed by atoms with Crippen molar-refractivity contribution in [3.05, 3.63) is 81.8 Å². The van der Waals surface area contributed by atoms with Gasteiger partial charge in [0.05, 0.1) is 6.04 Å². The molecule has 0 aromatic carbocycles. The van der Waals surface area contributed by atoms with Crippen molar-refractivity contribution in [1.29, 1.82) is 0 Å². The third-order valence-corrected chi connectivity index (χ3v) is 6.02. The van der Waals surface area contributed by atoms with Gasteiger partial charge in [-0.25, -0.2) is 0 Å². The molecule has 1 N–H and O–H groups in total. The summed E-state index contributed by atoms with van der Waals surface area (Å²) in [5, 5.41) is 3.05. The summed E-state index contributed by atoms with van der Waals surface area (Å²) in [5.41, 5.74) is 5.33. The van der Waals surface area contributed by atoms with Crippen LogP contribution in [0.1, 0.15) is 68.0 Å². The van der Waals surface area contributed by atoms with Crippen LogP contribution in [0.2, 0.25) is 0 Å². The van der Waals surface area contributed by atoms with E-state index in [1.54, 1.807) is 31.0 Å². The van der Waals surface area contributed by atoms with Crippen LogP contribution in [0.5, 0.6) is 0 Å². The fourth-order valence-corrected chi connectivity index (χ4v) is 4.39. The summed E-state index contributed by atoms with van der Waals surface area (Å²) < 4.78 is 1.48. The van der Waals surface area contributed by atoms with Crippen LogP contribution in [-0.4, -0.2) is 26.2 Å². The van der Waals surface area contributed by atoms with Gasteiger partial charge in [0.2, 0.25) is 5.91 Å². The van der Waals surface area contributed by atoms with Gasteiger partial charge in [-0.1, -0.05) is 13.8 Å².